The van der Waals surface area contributed by atoms with Gasteiger partial charge in [-0.3, -0.25) is 4.79 Å². The Morgan fingerprint density at radius 2 is 1.83 bits per heavy atom. The van der Waals surface area contributed by atoms with Crippen LogP contribution in [0.3, 0.4) is 0 Å². The minimum Gasteiger partial charge on any atom is -0.489 e. The summed E-state index contributed by atoms with van der Waals surface area (Å²) in [6.45, 7) is 1.03. The van der Waals surface area contributed by atoms with Crippen molar-refractivity contribution in [3.63, 3.8) is 0 Å². The quantitative estimate of drug-likeness (QED) is 0.430. The normalized spacial score (nSPS) is 11.1. The van der Waals surface area contributed by atoms with E-state index in [9.17, 15) is 4.79 Å². The van der Waals surface area contributed by atoms with Crippen molar-refractivity contribution in [2.24, 2.45) is 0 Å². The third-order valence-corrected chi connectivity index (χ3v) is 4.63. The van der Waals surface area contributed by atoms with E-state index < -0.39 is 0 Å². The molecule has 0 bridgehead atoms. The summed E-state index contributed by atoms with van der Waals surface area (Å²) >= 11 is 0. The van der Waals surface area contributed by atoms with Crippen LogP contribution >= 0.6 is 0 Å². The molecule has 0 radical (unpaired) electrons. The van der Waals surface area contributed by atoms with Gasteiger partial charge in [0.15, 0.2) is 0 Å². The number of ether oxygens (including phenoxy) is 1. The third-order valence-electron chi connectivity index (χ3n) is 4.63. The average molecular weight is 397 g/mol. The van der Waals surface area contributed by atoms with Gasteiger partial charge in [-0.1, -0.05) is 54.6 Å². The fourth-order valence-corrected chi connectivity index (χ4v) is 3.11. The molecule has 5 nitrogen and oxygen atoms in total. The second-order valence-electron chi connectivity index (χ2n) is 6.92. The Bertz CT molecular complexity index is 1120. The molecule has 0 fully saturated rings. The predicted molar refractivity (Wildman–Crippen MR) is 119 cm³/mol. The molecule has 0 aliphatic rings. The van der Waals surface area contributed by atoms with Crippen molar-refractivity contribution < 1.29 is 9.53 Å². The molecule has 1 amide bonds. The van der Waals surface area contributed by atoms with E-state index in [-0.39, 0.29) is 5.91 Å². The molecule has 0 spiro atoms. The molecule has 2 N–H and O–H groups in total. The summed E-state index contributed by atoms with van der Waals surface area (Å²) in [6, 6.07) is 25.6. The van der Waals surface area contributed by atoms with Gasteiger partial charge in [0.05, 0.1) is 11.0 Å². The maximum atomic E-state index is 12.1. The fourth-order valence-electron chi connectivity index (χ4n) is 3.11. The van der Waals surface area contributed by atoms with Crippen LogP contribution < -0.4 is 10.1 Å². The van der Waals surface area contributed by atoms with Gasteiger partial charge in [0.25, 0.3) is 0 Å². The van der Waals surface area contributed by atoms with Crippen LogP contribution in [0.15, 0.2) is 84.9 Å². The highest BCUT2D eigenvalue weighted by molar-refractivity contribution is 5.91. The van der Waals surface area contributed by atoms with Crippen molar-refractivity contribution >= 4 is 23.0 Å². The second kappa shape index (κ2) is 9.56. The number of carbonyl (C=O) groups excluding carboxylic acids is 1. The van der Waals surface area contributed by atoms with E-state index >= 15 is 0 Å². The number of aromatic nitrogens is 2. The molecule has 1 aromatic heterocycles. The minimum atomic E-state index is -0.137. The number of rotatable bonds is 8. The van der Waals surface area contributed by atoms with E-state index in [1.165, 1.54) is 6.08 Å². The first-order valence-electron chi connectivity index (χ1n) is 9.92. The van der Waals surface area contributed by atoms with Gasteiger partial charge in [0.2, 0.25) is 5.91 Å². The smallest absolute Gasteiger partial charge is 0.244 e. The van der Waals surface area contributed by atoms with E-state index in [4.69, 9.17) is 4.74 Å². The summed E-state index contributed by atoms with van der Waals surface area (Å²) in [5, 5.41) is 2.89. The van der Waals surface area contributed by atoms with Crippen molar-refractivity contribution in [2.45, 2.75) is 13.0 Å². The molecule has 1 heterocycles. The number of nitrogens with one attached hydrogen (secondary N) is 2. The van der Waals surface area contributed by atoms with Crippen LogP contribution in [0.5, 0.6) is 5.75 Å². The zero-order chi connectivity index (χ0) is 20.6. The number of hydrogen-bond donors (Lipinski definition) is 2. The first-order chi connectivity index (χ1) is 14.8. The number of para-hydroxylation sites is 2. The van der Waals surface area contributed by atoms with Crippen LogP contribution in [0.25, 0.3) is 17.1 Å². The number of carbonyl (C=O) groups is 1. The Balaban J connectivity index is 1.26. The monoisotopic (exact) mass is 397 g/mol. The summed E-state index contributed by atoms with van der Waals surface area (Å²) in [6.07, 6.45) is 3.97. The molecule has 0 atom stereocenters. The van der Waals surface area contributed by atoms with Gasteiger partial charge in [-0.15, -0.1) is 0 Å². The lowest BCUT2D eigenvalue weighted by molar-refractivity contribution is -0.116. The van der Waals surface area contributed by atoms with Crippen LogP contribution in [0, 0.1) is 0 Å². The maximum absolute atomic E-state index is 12.1. The molecule has 30 heavy (non-hydrogen) atoms. The van der Waals surface area contributed by atoms with E-state index in [0.29, 0.717) is 19.6 Å². The molecule has 0 saturated heterocycles. The number of imidazole rings is 1. The topological polar surface area (TPSA) is 67.0 Å². The Morgan fingerprint density at radius 3 is 2.70 bits per heavy atom. The highest BCUT2D eigenvalue weighted by atomic mass is 16.5. The summed E-state index contributed by atoms with van der Waals surface area (Å²) in [5.41, 5.74) is 3.97. The van der Waals surface area contributed by atoms with Gasteiger partial charge < -0.3 is 15.0 Å². The average Bonchev–Trinajstić information content (AvgIpc) is 3.20. The summed E-state index contributed by atoms with van der Waals surface area (Å²) < 4.78 is 5.83. The largest absolute Gasteiger partial charge is 0.489 e. The highest BCUT2D eigenvalue weighted by Gasteiger charge is 2.03. The number of aromatic amines is 1. The second-order valence-corrected chi connectivity index (χ2v) is 6.92. The van der Waals surface area contributed by atoms with Crippen molar-refractivity contribution in [2.75, 3.05) is 6.54 Å². The standard InChI is InChI=1S/C25H23N3O2/c29-25(26-16-15-24-27-22-11-4-5-12-23(22)28-24)14-13-19-9-6-10-21(17-19)30-18-20-7-2-1-3-8-20/h1-14,17H,15-16,18H2,(H,26,29)(H,27,28)/b14-13+. The van der Waals surface area contributed by atoms with Crippen molar-refractivity contribution in [1.29, 1.82) is 0 Å². The zero-order valence-electron chi connectivity index (χ0n) is 16.5. The lowest BCUT2D eigenvalue weighted by Gasteiger charge is -2.07. The number of fused-ring (bicyclic) bond motifs is 1. The molecule has 150 valence electrons. The molecule has 0 saturated carbocycles. The van der Waals surface area contributed by atoms with Crippen molar-refractivity contribution in [1.82, 2.24) is 15.3 Å². The first kappa shape index (κ1) is 19.5. The molecule has 5 heteroatoms. The number of benzene rings is 3. The van der Waals surface area contributed by atoms with Crippen LogP contribution in [0.2, 0.25) is 0 Å². The van der Waals surface area contributed by atoms with Crippen molar-refractivity contribution in [3.8, 4) is 5.75 Å². The van der Waals surface area contributed by atoms with Crippen molar-refractivity contribution in [3.05, 3.63) is 102 Å². The Morgan fingerprint density at radius 1 is 1.00 bits per heavy atom. The molecular weight excluding hydrogens is 374 g/mol. The molecule has 0 aliphatic carbocycles. The molecule has 3 aromatic carbocycles. The lowest BCUT2D eigenvalue weighted by Crippen LogP contribution is -2.23. The summed E-state index contributed by atoms with van der Waals surface area (Å²) in [7, 11) is 0. The molecule has 4 rings (SSSR count). The molecular formula is C25H23N3O2. The van der Waals surface area contributed by atoms with Crippen LogP contribution in [-0.4, -0.2) is 22.4 Å². The van der Waals surface area contributed by atoms with E-state index in [2.05, 4.69) is 15.3 Å². The Hall–Kier alpha value is -3.86. The van der Waals surface area contributed by atoms with E-state index in [1.807, 2.05) is 78.9 Å². The number of amides is 1. The van der Waals surface area contributed by atoms with Gasteiger partial charge in [0, 0.05) is 19.0 Å². The Kier molecular flexibility index (Phi) is 6.20. The first-order valence-corrected chi connectivity index (χ1v) is 9.92. The minimum absolute atomic E-state index is 0.137. The maximum Gasteiger partial charge on any atom is 0.244 e. The fraction of sp³-hybridized carbons (Fsp3) is 0.120. The number of hydrogen-bond acceptors (Lipinski definition) is 3. The van der Waals surface area contributed by atoms with Gasteiger partial charge in [-0.05, 0) is 41.5 Å². The van der Waals surface area contributed by atoms with Crippen LogP contribution in [-0.2, 0) is 17.8 Å². The van der Waals surface area contributed by atoms with Gasteiger partial charge in [-0.25, -0.2) is 4.98 Å². The number of nitrogens with zero attached hydrogens (tertiary/aromatic N) is 1. The summed E-state index contributed by atoms with van der Waals surface area (Å²) in [4.78, 5) is 19.9. The Labute approximate surface area is 175 Å². The van der Waals surface area contributed by atoms with Gasteiger partial charge in [0.1, 0.15) is 18.2 Å². The van der Waals surface area contributed by atoms with Gasteiger partial charge in [-0.2, -0.15) is 0 Å². The molecule has 4 aromatic rings. The lowest BCUT2D eigenvalue weighted by atomic mass is 10.2. The summed E-state index contributed by atoms with van der Waals surface area (Å²) in [5.74, 6) is 1.50. The molecule has 0 unspecified atom stereocenters. The predicted octanol–water partition coefficient (Wildman–Crippen LogP) is 4.51. The zero-order valence-corrected chi connectivity index (χ0v) is 16.5. The van der Waals surface area contributed by atoms with Crippen LogP contribution in [0.4, 0.5) is 0 Å². The molecule has 0 aliphatic heterocycles. The van der Waals surface area contributed by atoms with E-state index in [1.54, 1.807) is 6.08 Å². The third kappa shape index (κ3) is 5.35. The van der Waals surface area contributed by atoms with E-state index in [0.717, 1.165) is 33.7 Å². The SMILES string of the molecule is O=C(/C=C/c1cccc(OCc2ccccc2)c1)NCCc1nc2ccccc2[nH]1. The van der Waals surface area contributed by atoms with Gasteiger partial charge >= 0.3 is 0 Å². The van der Waals surface area contributed by atoms with Crippen LogP contribution in [0.1, 0.15) is 17.0 Å². The highest BCUT2D eigenvalue weighted by Crippen LogP contribution is 2.16. The number of H-pyrrole nitrogens is 1.